The molecule has 0 spiro atoms. The number of hydrogen-bond acceptors (Lipinski definition) is 7. The number of ether oxygens (including phenoxy) is 4. The highest BCUT2D eigenvalue weighted by Crippen LogP contribution is 2.32. The van der Waals surface area contributed by atoms with Crippen molar-refractivity contribution in [2.24, 2.45) is 0 Å². The summed E-state index contributed by atoms with van der Waals surface area (Å²) in [6.45, 7) is 0.343. The van der Waals surface area contributed by atoms with E-state index in [9.17, 15) is 0 Å². The van der Waals surface area contributed by atoms with Crippen molar-refractivity contribution >= 4 is 34.1 Å². The van der Waals surface area contributed by atoms with Crippen LogP contribution in [0.1, 0.15) is 5.56 Å². The molecule has 0 bridgehead atoms. The maximum absolute atomic E-state index is 6.16. The van der Waals surface area contributed by atoms with Crippen molar-refractivity contribution in [1.29, 1.82) is 0 Å². The molecule has 1 aromatic heterocycles. The van der Waals surface area contributed by atoms with Crippen LogP contribution in [0, 0.1) is 0 Å². The van der Waals surface area contributed by atoms with Crippen molar-refractivity contribution in [2.75, 3.05) is 26.6 Å². The second-order valence-electron chi connectivity index (χ2n) is 6.83. The molecule has 0 aliphatic rings. The summed E-state index contributed by atoms with van der Waals surface area (Å²) < 4.78 is 21.9. The van der Waals surface area contributed by atoms with E-state index in [4.69, 9.17) is 30.5 Å². The van der Waals surface area contributed by atoms with E-state index in [2.05, 4.69) is 15.3 Å². The van der Waals surface area contributed by atoms with Crippen LogP contribution >= 0.6 is 11.6 Å². The minimum atomic E-state index is 0.343. The topological polar surface area (TPSA) is 74.7 Å². The van der Waals surface area contributed by atoms with Gasteiger partial charge in [0, 0.05) is 28.9 Å². The first-order valence-electron chi connectivity index (χ1n) is 9.81. The Hall–Kier alpha value is -3.71. The summed E-state index contributed by atoms with van der Waals surface area (Å²) in [7, 11) is 4.78. The lowest BCUT2D eigenvalue weighted by molar-refractivity contribution is 0.297. The number of methoxy groups -OCH3 is 3. The van der Waals surface area contributed by atoms with Crippen molar-refractivity contribution in [3.8, 4) is 23.0 Å². The van der Waals surface area contributed by atoms with E-state index in [0.717, 1.165) is 22.2 Å². The number of para-hydroxylation sites is 1. The number of hydrogen-bond donors (Lipinski definition) is 1. The van der Waals surface area contributed by atoms with E-state index < -0.39 is 0 Å². The van der Waals surface area contributed by atoms with Crippen molar-refractivity contribution in [3.05, 3.63) is 71.4 Å². The maximum atomic E-state index is 6.16. The van der Waals surface area contributed by atoms with Crippen LogP contribution in [-0.2, 0) is 6.61 Å². The molecule has 32 heavy (non-hydrogen) atoms. The van der Waals surface area contributed by atoms with Crippen molar-refractivity contribution in [1.82, 2.24) is 9.97 Å². The number of nitrogens with one attached hydrogen (secondary N) is 1. The maximum Gasteiger partial charge on any atom is 0.227 e. The minimum absolute atomic E-state index is 0.343. The summed E-state index contributed by atoms with van der Waals surface area (Å²) >= 11 is 6.16. The van der Waals surface area contributed by atoms with E-state index in [1.54, 1.807) is 33.6 Å². The molecule has 0 aliphatic heterocycles. The number of halogens is 1. The molecule has 7 nitrogen and oxygen atoms in total. The van der Waals surface area contributed by atoms with Crippen molar-refractivity contribution in [3.63, 3.8) is 0 Å². The Morgan fingerprint density at radius 1 is 0.906 bits per heavy atom. The molecule has 1 N–H and O–H groups in total. The molecule has 164 valence electrons. The molecule has 8 heteroatoms. The Kier molecular flexibility index (Phi) is 6.47. The molecule has 3 aromatic carbocycles. The van der Waals surface area contributed by atoms with Crippen LogP contribution < -0.4 is 24.3 Å². The zero-order valence-electron chi connectivity index (χ0n) is 17.9. The molecular formula is C24H22ClN3O4. The zero-order chi connectivity index (χ0) is 22.5. The first-order chi connectivity index (χ1) is 15.6. The Bertz CT molecular complexity index is 1230. The summed E-state index contributed by atoms with van der Waals surface area (Å²) in [6, 6.07) is 16.8. The van der Waals surface area contributed by atoms with Crippen LogP contribution in [0.4, 0.5) is 11.6 Å². The molecule has 0 amide bonds. The lowest BCUT2D eigenvalue weighted by Gasteiger charge is -2.12. The van der Waals surface area contributed by atoms with Gasteiger partial charge < -0.3 is 24.3 Å². The second kappa shape index (κ2) is 9.62. The highest BCUT2D eigenvalue weighted by molar-refractivity contribution is 6.32. The Morgan fingerprint density at radius 2 is 1.66 bits per heavy atom. The number of fused-ring (bicyclic) bond motifs is 1. The molecule has 4 rings (SSSR count). The van der Waals surface area contributed by atoms with E-state index in [1.165, 1.54) is 0 Å². The van der Waals surface area contributed by atoms with Gasteiger partial charge in [-0.25, -0.2) is 9.97 Å². The smallest absolute Gasteiger partial charge is 0.227 e. The molecule has 4 aromatic rings. The average Bonchev–Trinajstić information content (AvgIpc) is 2.82. The van der Waals surface area contributed by atoms with Gasteiger partial charge in [0.05, 0.1) is 31.9 Å². The van der Waals surface area contributed by atoms with Crippen LogP contribution in [0.2, 0.25) is 5.02 Å². The van der Waals surface area contributed by atoms with Crippen molar-refractivity contribution in [2.45, 2.75) is 6.61 Å². The van der Waals surface area contributed by atoms with Gasteiger partial charge in [0.2, 0.25) is 5.95 Å². The molecule has 0 saturated carbocycles. The molecule has 0 radical (unpaired) electrons. The van der Waals surface area contributed by atoms with Gasteiger partial charge in [-0.3, -0.25) is 0 Å². The van der Waals surface area contributed by atoms with Crippen LogP contribution in [0.15, 0.2) is 60.8 Å². The number of benzene rings is 3. The standard InChI is InChI=1S/C24H22ClN3O4/c1-29-21-11-16-13-26-24(28-20(16)12-22(21)30-2)27-17-7-9-18(10-8-17)32-14-15-5-4-6-19(25)23(15)31-3/h4-13H,14H2,1-3H3,(H,26,27,28). The third-order valence-corrected chi connectivity index (χ3v) is 5.14. The Morgan fingerprint density at radius 3 is 2.38 bits per heavy atom. The number of nitrogens with zero attached hydrogens (tertiary/aromatic N) is 2. The fraction of sp³-hybridized carbons (Fsp3) is 0.167. The minimum Gasteiger partial charge on any atom is -0.495 e. The van der Waals surface area contributed by atoms with Gasteiger partial charge in [-0.2, -0.15) is 0 Å². The SMILES string of the molecule is COc1cc2cnc(Nc3ccc(OCc4cccc(Cl)c4OC)cc3)nc2cc1OC. The van der Waals surface area contributed by atoms with Gasteiger partial charge in [-0.1, -0.05) is 23.7 Å². The Balaban J connectivity index is 1.45. The molecule has 0 saturated heterocycles. The first-order valence-corrected chi connectivity index (χ1v) is 10.2. The number of rotatable bonds is 8. The summed E-state index contributed by atoms with van der Waals surface area (Å²) in [5.74, 6) is 3.06. The molecule has 0 fully saturated rings. The van der Waals surface area contributed by atoms with Gasteiger partial charge >= 0.3 is 0 Å². The van der Waals surface area contributed by atoms with Crippen LogP contribution in [0.25, 0.3) is 10.9 Å². The highest BCUT2D eigenvalue weighted by atomic mass is 35.5. The summed E-state index contributed by atoms with van der Waals surface area (Å²) in [5.41, 5.74) is 2.45. The van der Waals surface area contributed by atoms with Gasteiger partial charge in [-0.15, -0.1) is 0 Å². The van der Waals surface area contributed by atoms with E-state index in [0.29, 0.717) is 40.6 Å². The predicted octanol–water partition coefficient (Wildman–Crippen LogP) is 5.63. The van der Waals surface area contributed by atoms with Gasteiger partial charge in [0.15, 0.2) is 11.5 Å². The quantitative estimate of drug-likeness (QED) is 0.372. The molecule has 0 aliphatic carbocycles. The van der Waals surface area contributed by atoms with E-state index in [1.807, 2.05) is 48.5 Å². The first kappa shape index (κ1) is 21.5. The summed E-state index contributed by atoms with van der Waals surface area (Å²) in [5, 5.41) is 4.61. The largest absolute Gasteiger partial charge is 0.495 e. The fourth-order valence-electron chi connectivity index (χ4n) is 3.24. The summed E-state index contributed by atoms with van der Waals surface area (Å²) in [6.07, 6.45) is 1.74. The molecule has 1 heterocycles. The molecule has 0 atom stereocenters. The van der Waals surface area contributed by atoms with Gasteiger partial charge in [0.1, 0.15) is 18.1 Å². The second-order valence-corrected chi connectivity index (χ2v) is 7.24. The third-order valence-electron chi connectivity index (χ3n) is 4.84. The molecular weight excluding hydrogens is 430 g/mol. The fourth-order valence-corrected chi connectivity index (χ4v) is 3.51. The lowest BCUT2D eigenvalue weighted by atomic mass is 10.2. The normalized spacial score (nSPS) is 10.6. The van der Waals surface area contributed by atoms with Crippen LogP contribution in [0.3, 0.4) is 0 Å². The predicted molar refractivity (Wildman–Crippen MR) is 125 cm³/mol. The van der Waals surface area contributed by atoms with Crippen LogP contribution in [0.5, 0.6) is 23.0 Å². The monoisotopic (exact) mass is 451 g/mol. The molecule has 0 unspecified atom stereocenters. The van der Waals surface area contributed by atoms with E-state index in [-0.39, 0.29) is 0 Å². The van der Waals surface area contributed by atoms with E-state index >= 15 is 0 Å². The number of aromatic nitrogens is 2. The van der Waals surface area contributed by atoms with Crippen LogP contribution in [-0.4, -0.2) is 31.3 Å². The Labute approximate surface area is 190 Å². The number of anilines is 2. The zero-order valence-corrected chi connectivity index (χ0v) is 18.6. The average molecular weight is 452 g/mol. The lowest BCUT2D eigenvalue weighted by Crippen LogP contribution is -2.00. The van der Waals surface area contributed by atoms with Gasteiger partial charge in [0.25, 0.3) is 0 Å². The highest BCUT2D eigenvalue weighted by Gasteiger charge is 2.10. The summed E-state index contributed by atoms with van der Waals surface area (Å²) in [4.78, 5) is 8.95. The van der Waals surface area contributed by atoms with Gasteiger partial charge in [-0.05, 0) is 36.4 Å². The third kappa shape index (κ3) is 4.63. The van der Waals surface area contributed by atoms with Crippen molar-refractivity contribution < 1.29 is 18.9 Å².